The first-order chi connectivity index (χ1) is 9.81. The Kier molecular flexibility index (Phi) is 6.03. The van der Waals surface area contributed by atoms with Crippen LogP contribution in [0.25, 0.3) is 0 Å². The highest BCUT2D eigenvalue weighted by atomic mass is 16.5. The number of benzene rings is 1. The van der Waals surface area contributed by atoms with Crippen LogP contribution in [0.4, 0.5) is 0 Å². The zero-order chi connectivity index (χ0) is 16.0. The van der Waals surface area contributed by atoms with Gasteiger partial charge in [-0.3, -0.25) is 4.79 Å². The van der Waals surface area contributed by atoms with Crippen LogP contribution in [-0.4, -0.2) is 32.8 Å². The molecule has 0 heterocycles. The van der Waals surface area contributed by atoms with E-state index in [-0.39, 0.29) is 18.6 Å². The molecule has 5 nitrogen and oxygen atoms in total. The highest BCUT2D eigenvalue weighted by molar-refractivity contribution is 5.75. The molecule has 1 unspecified atom stereocenters. The minimum Gasteiger partial charge on any atom is -0.493 e. The van der Waals surface area contributed by atoms with Gasteiger partial charge in [-0.1, -0.05) is 12.1 Å². The van der Waals surface area contributed by atoms with E-state index < -0.39 is 5.41 Å². The molecule has 0 aromatic heterocycles. The molecule has 0 amide bonds. The first-order valence-electron chi connectivity index (χ1n) is 6.94. The fraction of sp³-hybridized carbons (Fsp3) is 0.562. The molecule has 118 valence electrons. The average molecular weight is 295 g/mol. The molecule has 1 aromatic carbocycles. The number of para-hydroxylation sites is 1. The summed E-state index contributed by atoms with van der Waals surface area (Å²) in [7, 11) is 2.96. The molecule has 0 saturated heterocycles. The highest BCUT2D eigenvalue weighted by Gasteiger charge is 2.30. The van der Waals surface area contributed by atoms with E-state index >= 15 is 0 Å². The molecule has 0 aliphatic rings. The van der Waals surface area contributed by atoms with Crippen molar-refractivity contribution in [2.45, 2.75) is 33.2 Å². The van der Waals surface area contributed by atoms with E-state index in [0.29, 0.717) is 17.9 Å². The first kappa shape index (κ1) is 17.3. The van der Waals surface area contributed by atoms with Crippen molar-refractivity contribution >= 4 is 5.97 Å². The lowest BCUT2D eigenvalue weighted by Gasteiger charge is -2.24. The van der Waals surface area contributed by atoms with Crippen molar-refractivity contribution in [1.29, 1.82) is 0 Å². The number of hydrogen-bond acceptors (Lipinski definition) is 5. The normalized spacial score (nSPS) is 12.7. The van der Waals surface area contributed by atoms with Crippen LogP contribution in [-0.2, 0) is 16.0 Å². The van der Waals surface area contributed by atoms with Crippen LogP contribution in [0.15, 0.2) is 18.2 Å². The fourth-order valence-corrected chi connectivity index (χ4v) is 1.98. The smallest absolute Gasteiger partial charge is 0.314 e. The lowest BCUT2D eigenvalue weighted by Crippen LogP contribution is -2.32. The molecule has 21 heavy (non-hydrogen) atoms. The Labute approximate surface area is 126 Å². The number of carbonyl (C=O) groups excluding carboxylic acids is 1. The van der Waals surface area contributed by atoms with Crippen molar-refractivity contribution in [3.05, 3.63) is 23.8 Å². The maximum absolute atomic E-state index is 11.7. The minimum absolute atomic E-state index is 0.00748. The van der Waals surface area contributed by atoms with Crippen molar-refractivity contribution in [2.75, 3.05) is 20.8 Å². The Balaban J connectivity index is 2.97. The van der Waals surface area contributed by atoms with Gasteiger partial charge in [0.25, 0.3) is 0 Å². The van der Waals surface area contributed by atoms with Gasteiger partial charge in [-0.15, -0.1) is 0 Å². The molecule has 1 rings (SSSR count). The Hall–Kier alpha value is -1.75. The number of esters is 1. The van der Waals surface area contributed by atoms with Gasteiger partial charge in [0, 0.05) is 6.04 Å². The molecule has 0 radical (unpaired) electrons. The maximum Gasteiger partial charge on any atom is 0.314 e. The maximum atomic E-state index is 11.7. The second-order valence-electron chi connectivity index (χ2n) is 5.79. The lowest BCUT2D eigenvalue weighted by atomic mass is 9.95. The van der Waals surface area contributed by atoms with Crippen LogP contribution in [0.3, 0.4) is 0 Å². The van der Waals surface area contributed by atoms with E-state index in [9.17, 15) is 4.79 Å². The van der Waals surface area contributed by atoms with Gasteiger partial charge in [0.05, 0.1) is 19.6 Å². The van der Waals surface area contributed by atoms with E-state index in [1.807, 2.05) is 25.1 Å². The summed E-state index contributed by atoms with van der Waals surface area (Å²) >= 11 is 0. The van der Waals surface area contributed by atoms with Gasteiger partial charge >= 0.3 is 5.97 Å². The van der Waals surface area contributed by atoms with Gasteiger partial charge in [-0.25, -0.2) is 0 Å². The molecule has 1 atom stereocenters. The number of ether oxygens (including phenoxy) is 3. The summed E-state index contributed by atoms with van der Waals surface area (Å²) < 4.78 is 16.0. The lowest BCUT2D eigenvalue weighted by molar-refractivity contribution is -0.152. The molecule has 5 heteroatoms. The standard InChI is InChI=1S/C16H25NO4/c1-11(17)9-12-7-6-8-13(19-4)14(12)21-10-16(2,3)15(18)20-5/h6-8,11H,9-10,17H2,1-5H3. The zero-order valence-corrected chi connectivity index (χ0v) is 13.4. The monoisotopic (exact) mass is 295 g/mol. The number of methoxy groups -OCH3 is 2. The minimum atomic E-state index is -0.735. The van der Waals surface area contributed by atoms with Crippen LogP contribution >= 0.6 is 0 Å². The summed E-state index contributed by atoms with van der Waals surface area (Å²) in [6.07, 6.45) is 0.672. The van der Waals surface area contributed by atoms with Gasteiger partial charge in [-0.2, -0.15) is 0 Å². The Morgan fingerprint density at radius 2 is 2.00 bits per heavy atom. The third-order valence-corrected chi connectivity index (χ3v) is 3.14. The molecule has 2 N–H and O–H groups in total. The summed E-state index contributed by atoms with van der Waals surface area (Å²) in [5, 5.41) is 0. The van der Waals surface area contributed by atoms with Crippen molar-refractivity contribution in [1.82, 2.24) is 0 Å². The third-order valence-electron chi connectivity index (χ3n) is 3.14. The van der Waals surface area contributed by atoms with E-state index in [0.717, 1.165) is 5.56 Å². The molecule has 0 aliphatic heterocycles. The van der Waals surface area contributed by atoms with E-state index in [4.69, 9.17) is 19.9 Å². The quantitative estimate of drug-likeness (QED) is 0.781. The van der Waals surface area contributed by atoms with Crippen molar-refractivity contribution in [3.63, 3.8) is 0 Å². The number of nitrogens with two attached hydrogens (primary N) is 1. The second-order valence-corrected chi connectivity index (χ2v) is 5.79. The van der Waals surface area contributed by atoms with Crippen LogP contribution in [0.1, 0.15) is 26.3 Å². The van der Waals surface area contributed by atoms with Crippen LogP contribution < -0.4 is 15.2 Å². The van der Waals surface area contributed by atoms with Gasteiger partial charge in [0.1, 0.15) is 6.61 Å². The molecule has 0 saturated carbocycles. The zero-order valence-electron chi connectivity index (χ0n) is 13.4. The summed E-state index contributed by atoms with van der Waals surface area (Å²) in [5.41, 5.74) is 6.09. The Morgan fingerprint density at radius 1 is 1.33 bits per heavy atom. The van der Waals surface area contributed by atoms with Crippen LogP contribution in [0, 0.1) is 5.41 Å². The summed E-state index contributed by atoms with van der Waals surface area (Å²) in [5.74, 6) is 0.953. The van der Waals surface area contributed by atoms with Gasteiger partial charge in [0.15, 0.2) is 11.5 Å². The van der Waals surface area contributed by atoms with Crippen molar-refractivity contribution < 1.29 is 19.0 Å². The van der Waals surface area contributed by atoms with Gasteiger partial charge in [0.2, 0.25) is 0 Å². The Morgan fingerprint density at radius 3 is 2.52 bits per heavy atom. The molecular weight excluding hydrogens is 270 g/mol. The van der Waals surface area contributed by atoms with E-state index in [2.05, 4.69) is 0 Å². The predicted molar refractivity (Wildman–Crippen MR) is 81.6 cm³/mol. The molecule has 0 spiro atoms. The summed E-state index contributed by atoms with van der Waals surface area (Å²) in [6, 6.07) is 5.68. The predicted octanol–water partition coefficient (Wildman–Crippen LogP) is 2.16. The molecule has 0 aliphatic carbocycles. The number of rotatable bonds is 7. The van der Waals surface area contributed by atoms with Crippen molar-refractivity contribution in [3.8, 4) is 11.5 Å². The Bertz CT molecular complexity index is 483. The van der Waals surface area contributed by atoms with E-state index in [1.165, 1.54) is 7.11 Å². The molecule has 0 fully saturated rings. The van der Waals surface area contributed by atoms with Gasteiger partial charge < -0.3 is 19.9 Å². The fourth-order valence-electron chi connectivity index (χ4n) is 1.98. The number of carbonyl (C=O) groups is 1. The second kappa shape index (κ2) is 7.31. The largest absolute Gasteiger partial charge is 0.493 e. The molecule has 1 aromatic rings. The SMILES string of the molecule is COC(=O)C(C)(C)COc1c(CC(C)N)cccc1OC. The highest BCUT2D eigenvalue weighted by Crippen LogP contribution is 2.33. The first-order valence-corrected chi connectivity index (χ1v) is 6.94. The number of hydrogen-bond donors (Lipinski definition) is 1. The van der Waals surface area contributed by atoms with Crippen molar-refractivity contribution in [2.24, 2.45) is 11.1 Å². The molecular formula is C16H25NO4. The third kappa shape index (κ3) is 4.63. The topological polar surface area (TPSA) is 70.8 Å². The van der Waals surface area contributed by atoms with E-state index in [1.54, 1.807) is 21.0 Å². The van der Waals surface area contributed by atoms with Crippen LogP contribution in [0.5, 0.6) is 11.5 Å². The summed E-state index contributed by atoms with van der Waals surface area (Å²) in [4.78, 5) is 11.7. The summed E-state index contributed by atoms with van der Waals surface area (Å²) in [6.45, 7) is 5.69. The van der Waals surface area contributed by atoms with Crippen LogP contribution in [0.2, 0.25) is 0 Å². The van der Waals surface area contributed by atoms with Gasteiger partial charge in [-0.05, 0) is 38.8 Å². The average Bonchev–Trinajstić information content (AvgIpc) is 2.44. The molecule has 0 bridgehead atoms.